The summed E-state index contributed by atoms with van der Waals surface area (Å²) in [6, 6.07) is 10.5. The molecule has 4 heteroatoms. The highest BCUT2D eigenvalue weighted by Gasteiger charge is 2.11. The Labute approximate surface area is 110 Å². The van der Waals surface area contributed by atoms with Crippen LogP contribution < -0.4 is 5.73 Å². The van der Waals surface area contributed by atoms with Gasteiger partial charge in [-0.05, 0) is 30.0 Å². The third-order valence-electron chi connectivity index (χ3n) is 3.06. The Kier molecular flexibility index (Phi) is 2.89. The summed E-state index contributed by atoms with van der Waals surface area (Å²) in [6.45, 7) is 3.39. The molecule has 0 bridgehead atoms. The highest BCUT2D eigenvalue weighted by Crippen LogP contribution is 2.31. The van der Waals surface area contributed by atoms with Gasteiger partial charge in [0.25, 0.3) is 0 Å². The van der Waals surface area contributed by atoms with Crippen molar-refractivity contribution in [3.63, 3.8) is 0 Å². The van der Waals surface area contributed by atoms with Crippen LogP contribution in [0.3, 0.4) is 0 Å². The SMILES string of the molecule is Cc1ccn(Cc2c(CN)sc3ccccc23)n1. The van der Waals surface area contributed by atoms with Crippen LogP contribution in [-0.4, -0.2) is 9.78 Å². The molecule has 0 saturated heterocycles. The summed E-state index contributed by atoms with van der Waals surface area (Å²) in [5.41, 5.74) is 8.21. The van der Waals surface area contributed by atoms with E-state index in [9.17, 15) is 0 Å². The van der Waals surface area contributed by atoms with Gasteiger partial charge in [0, 0.05) is 22.3 Å². The number of fused-ring (bicyclic) bond motifs is 1. The van der Waals surface area contributed by atoms with Gasteiger partial charge in [-0.25, -0.2) is 0 Å². The first kappa shape index (κ1) is 11.4. The average molecular weight is 257 g/mol. The number of hydrogen-bond acceptors (Lipinski definition) is 3. The van der Waals surface area contributed by atoms with Crippen LogP contribution in [0, 0.1) is 6.92 Å². The van der Waals surface area contributed by atoms with E-state index in [2.05, 4.69) is 29.4 Å². The Morgan fingerprint density at radius 3 is 2.83 bits per heavy atom. The van der Waals surface area contributed by atoms with Gasteiger partial charge >= 0.3 is 0 Å². The lowest BCUT2D eigenvalue weighted by Crippen LogP contribution is -2.04. The molecule has 0 aliphatic carbocycles. The Hall–Kier alpha value is -1.65. The van der Waals surface area contributed by atoms with E-state index in [1.807, 2.05) is 23.9 Å². The standard InChI is InChI=1S/C14H15N3S/c1-10-6-7-17(16-10)9-12-11-4-2-3-5-13(11)18-14(12)8-15/h2-7H,8-9,15H2,1H3. The molecule has 0 radical (unpaired) electrons. The van der Waals surface area contributed by atoms with Gasteiger partial charge < -0.3 is 5.73 Å². The fourth-order valence-corrected chi connectivity index (χ4v) is 3.30. The molecule has 0 atom stereocenters. The molecule has 3 rings (SSSR count). The monoisotopic (exact) mass is 257 g/mol. The maximum absolute atomic E-state index is 5.85. The van der Waals surface area contributed by atoms with Crippen molar-refractivity contribution < 1.29 is 0 Å². The molecule has 3 nitrogen and oxygen atoms in total. The Morgan fingerprint density at radius 1 is 1.28 bits per heavy atom. The predicted octanol–water partition coefficient (Wildman–Crippen LogP) is 2.91. The van der Waals surface area contributed by atoms with Gasteiger partial charge in [-0.1, -0.05) is 18.2 Å². The number of nitrogens with two attached hydrogens (primary N) is 1. The van der Waals surface area contributed by atoms with E-state index in [1.54, 1.807) is 11.3 Å². The topological polar surface area (TPSA) is 43.8 Å². The summed E-state index contributed by atoms with van der Waals surface area (Å²) in [5, 5.41) is 5.75. The lowest BCUT2D eigenvalue weighted by atomic mass is 10.1. The summed E-state index contributed by atoms with van der Waals surface area (Å²) in [5.74, 6) is 0. The van der Waals surface area contributed by atoms with Crippen molar-refractivity contribution in [1.82, 2.24) is 9.78 Å². The van der Waals surface area contributed by atoms with Gasteiger partial charge in [-0.3, -0.25) is 4.68 Å². The fourth-order valence-electron chi connectivity index (χ4n) is 2.20. The van der Waals surface area contributed by atoms with Crippen molar-refractivity contribution in [1.29, 1.82) is 0 Å². The zero-order valence-electron chi connectivity index (χ0n) is 10.3. The van der Waals surface area contributed by atoms with Gasteiger partial charge in [0.15, 0.2) is 0 Å². The van der Waals surface area contributed by atoms with Crippen LogP contribution in [0.15, 0.2) is 36.5 Å². The average Bonchev–Trinajstić information content (AvgIpc) is 2.94. The first-order chi connectivity index (χ1) is 8.78. The zero-order chi connectivity index (χ0) is 12.5. The summed E-state index contributed by atoms with van der Waals surface area (Å²) in [6.07, 6.45) is 2.02. The largest absolute Gasteiger partial charge is 0.326 e. The second-order valence-electron chi connectivity index (χ2n) is 4.36. The molecule has 2 heterocycles. The molecule has 2 aromatic heterocycles. The molecule has 0 aliphatic heterocycles. The van der Waals surface area contributed by atoms with E-state index >= 15 is 0 Å². The number of aromatic nitrogens is 2. The highest BCUT2D eigenvalue weighted by atomic mass is 32.1. The third kappa shape index (κ3) is 1.94. The minimum Gasteiger partial charge on any atom is -0.326 e. The summed E-state index contributed by atoms with van der Waals surface area (Å²) in [4.78, 5) is 1.25. The van der Waals surface area contributed by atoms with E-state index in [0.717, 1.165) is 12.2 Å². The molecule has 1 aromatic carbocycles. The molecule has 2 N–H and O–H groups in total. The van der Waals surface area contributed by atoms with E-state index in [4.69, 9.17) is 5.73 Å². The van der Waals surface area contributed by atoms with E-state index in [-0.39, 0.29) is 0 Å². The summed E-state index contributed by atoms with van der Waals surface area (Å²) in [7, 11) is 0. The molecule has 92 valence electrons. The van der Waals surface area contributed by atoms with Crippen LogP contribution in [-0.2, 0) is 13.1 Å². The minimum absolute atomic E-state index is 0.592. The van der Waals surface area contributed by atoms with Crippen LogP contribution in [0.1, 0.15) is 16.1 Å². The molecule has 0 fully saturated rings. The lowest BCUT2D eigenvalue weighted by molar-refractivity contribution is 0.679. The normalized spacial score (nSPS) is 11.2. The molecule has 0 amide bonds. The van der Waals surface area contributed by atoms with Crippen LogP contribution in [0.4, 0.5) is 0 Å². The molecule has 0 spiro atoms. The molecular weight excluding hydrogens is 242 g/mol. The van der Waals surface area contributed by atoms with Crippen LogP contribution in [0.25, 0.3) is 10.1 Å². The van der Waals surface area contributed by atoms with Crippen molar-refractivity contribution in [2.24, 2.45) is 5.73 Å². The number of benzene rings is 1. The van der Waals surface area contributed by atoms with Gasteiger partial charge in [-0.2, -0.15) is 5.10 Å². The highest BCUT2D eigenvalue weighted by molar-refractivity contribution is 7.19. The van der Waals surface area contributed by atoms with Gasteiger partial charge in [0.2, 0.25) is 0 Å². The molecule has 0 saturated carbocycles. The molecule has 18 heavy (non-hydrogen) atoms. The molecular formula is C14H15N3S. The second kappa shape index (κ2) is 4.55. The quantitative estimate of drug-likeness (QED) is 0.784. The minimum atomic E-state index is 0.592. The van der Waals surface area contributed by atoms with Crippen LogP contribution in [0.2, 0.25) is 0 Å². The predicted molar refractivity (Wildman–Crippen MR) is 75.8 cm³/mol. The Bertz CT molecular complexity index is 681. The maximum Gasteiger partial charge on any atom is 0.0676 e. The van der Waals surface area contributed by atoms with E-state index in [1.165, 1.54) is 20.5 Å². The first-order valence-electron chi connectivity index (χ1n) is 5.97. The molecule has 0 aliphatic rings. The zero-order valence-corrected chi connectivity index (χ0v) is 11.1. The Balaban J connectivity index is 2.09. The number of aryl methyl sites for hydroxylation is 1. The van der Waals surface area contributed by atoms with Gasteiger partial charge in [0.1, 0.15) is 0 Å². The number of nitrogens with zero attached hydrogens (tertiary/aromatic N) is 2. The third-order valence-corrected chi connectivity index (χ3v) is 4.30. The van der Waals surface area contributed by atoms with E-state index < -0.39 is 0 Å². The summed E-state index contributed by atoms with van der Waals surface area (Å²) < 4.78 is 3.28. The van der Waals surface area contributed by atoms with Crippen molar-refractivity contribution in [2.75, 3.05) is 0 Å². The fraction of sp³-hybridized carbons (Fsp3) is 0.214. The van der Waals surface area contributed by atoms with Crippen molar-refractivity contribution in [3.05, 3.63) is 52.7 Å². The van der Waals surface area contributed by atoms with E-state index in [0.29, 0.717) is 6.54 Å². The smallest absolute Gasteiger partial charge is 0.0676 e. The molecule has 3 aromatic rings. The maximum atomic E-state index is 5.85. The van der Waals surface area contributed by atoms with Crippen LogP contribution >= 0.6 is 11.3 Å². The Morgan fingerprint density at radius 2 is 2.11 bits per heavy atom. The molecule has 0 unspecified atom stereocenters. The summed E-state index contributed by atoms with van der Waals surface area (Å²) >= 11 is 1.78. The second-order valence-corrected chi connectivity index (χ2v) is 5.50. The lowest BCUT2D eigenvalue weighted by Gasteiger charge is -2.03. The number of rotatable bonds is 3. The van der Waals surface area contributed by atoms with Crippen molar-refractivity contribution in [2.45, 2.75) is 20.0 Å². The van der Waals surface area contributed by atoms with Crippen LogP contribution in [0.5, 0.6) is 0 Å². The number of hydrogen-bond donors (Lipinski definition) is 1. The first-order valence-corrected chi connectivity index (χ1v) is 6.79. The van der Waals surface area contributed by atoms with Gasteiger partial charge in [0.05, 0.1) is 12.2 Å². The van der Waals surface area contributed by atoms with Gasteiger partial charge in [-0.15, -0.1) is 11.3 Å². The number of thiophene rings is 1. The van der Waals surface area contributed by atoms with Crippen molar-refractivity contribution >= 4 is 21.4 Å². The van der Waals surface area contributed by atoms with Crippen molar-refractivity contribution in [3.8, 4) is 0 Å².